The fourth-order valence-corrected chi connectivity index (χ4v) is 6.56. The Bertz CT molecular complexity index is 1000. The topological polar surface area (TPSA) is 60.8 Å². The molecule has 1 atom stereocenters. The Morgan fingerprint density at radius 1 is 1.15 bits per heavy atom. The molecule has 1 aliphatic carbocycles. The van der Waals surface area contributed by atoms with Crippen LogP contribution < -0.4 is 5.32 Å². The van der Waals surface area contributed by atoms with Gasteiger partial charge in [-0.05, 0) is 57.3 Å². The summed E-state index contributed by atoms with van der Waals surface area (Å²) in [5, 5.41) is 5.39. The van der Waals surface area contributed by atoms with Crippen molar-refractivity contribution in [2.45, 2.75) is 63.6 Å². The molecule has 3 aliphatic rings. The van der Waals surface area contributed by atoms with Crippen LogP contribution in [0.25, 0.3) is 10.2 Å². The van der Waals surface area contributed by atoms with E-state index < -0.39 is 5.54 Å². The lowest BCUT2D eigenvalue weighted by atomic mass is 9.91. The van der Waals surface area contributed by atoms with Gasteiger partial charge in [-0.25, -0.2) is 0 Å². The molecule has 0 radical (unpaired) electrons. The van der Waals surface area contributed by atoms with E-state index in [1.807, 2.05) is 17.9 Å². The summed E-state index contributed by atoms with van der Waals surface area (Å²) in [5.74, 6) is -0.00519. The maximum absolute atomic E-state index is 13.7. The Hall–Kier alpha value is -1.90. The molecule has 0 spiro atoms. The van der Waals surface area contributed by atoms with E-state index in [1.165, 1.54) is 19.3 Å². The van der Waals surface area contributed by atoms with Gasteiger partial charge in [-0.2, -0.15) is 0 Å². The molecule has 0 bridgehead atoms. The first kappa shape index (κ1) is 22.9. The molecule has 5 rings (SSSR count). The van der Waals surface area contributed by atoms with Crippen LogP contribution in [0.2, 0.25) is 0 Å². The van der Waals surface area contributed by atoms with Gasteiger partial charge in [0.15, 0.2) is 0 Å². The van der Waals surface area contributed by atoms with E-state index in [4.69, 9.17) is 0 Å². The number of likely N-dealkylation sites (N-methyl/N-ethyl adjacent to an activating group) is 1. The molecule has 1 saturated carbocycles. The lowest BCUT2D eigenvalue weighted by molar-refractivity contribution is -0.133. The van der Waals surface area contributed by atoms with E-state index in [0.717, 1.165) is 67.9 Å². The minimum atomic E-state index is -0.877. The molecule has 0 aromatic carbocycles. The highest BCUT2D eigenvalue weighted by Crippen LogP contribution is 2.34. The molecule has 8 heteroatoms. The van der Waals surface area contributed by atoms with Gasteiger partial charge in [0.1, 0.15) is 11.2 Å². The van der Waals surface area contributed by atoms with Crippen molar-refractivity contribution in [2.24, 2.45) is 0 Å². The highest BCUT2D eigenvalue weighted by molar-refractivity contribution is 7.17. The summed E-state index contributed by atoms with van der Waals surface area (Å²) in [4.78, 5) is 34.2. The number of amides is 2. The first-order chi connectivity index (χ1) is 16.0. The van der Waals surface area contributed by atoms with Gasteiger partial charge in [0.2, 0.25) is 5.91 Å². The zero-order valence-electron chi connectivity index (χ0n) is 20.0. The summed E-state index contributed by atoms with van der Waals surface area (Å²) in [6.45, 7) is 8.39. The maximum Gasteiger partial charge on any atom is 0.271 e. The van der Waals surface area contributed by atoms with Crippen molar-refractivity contribution in [1.82, 2.24) is 24.6 Å². The lowest BCUT2D eigenvalue weighted by Crippen LogP contribution is -2.65. The van der Waals surface area contributed by atoms with Crippen molar-refractivity contribution in [2.75, 3.05) is 46.3 Å². The van der Waals surface area contributed by atoms with Crippen molar-refractivity contribution in [3.05, 3.63) is 23.2 Å². The molecule has 2 aromatic heterocycles. The Morgan fingerprint density at radius 2 is 1.91 bits per heavy atom. The summed E-state index contributed by atoms with van der Waals surface area (Å²) in [7, 11) is 2.17. The number of nitrogens with one attached hydrogen (secondary N) is 1. The molecule has 1 N–H and O–H groups in total. The third-order valence-corrected chi connectivity index (χ3v) is 8.78. The average molecular weight is 472 g/mol. The molecular formula is C25H37N5O2S. The smallest absolute Gasteiger partial charge is 0.271 e. The van der Waals surface area contributed by atoms with E-state index in [-0.39, 0.29) is 17.9 Å². The number of carbonyl (C=O) groups is 2. The normalized spacial score (nSPS) is 25.5. The minimum Gasteiger partial charge on any atom is -0.351 e. The van der Waals surface area contributed by atoms with Crippen molar-refractivity contribution in [3.8, 4) is 0 Å². The van der Waals surface area contributed by atoms with Crippen LogP contribution in [0.5, 0.6) is 0 Å². The van der Waals surface area contributed by atoms with E-state index in [1.54, 1.807) is 11.3 Å². The summed E-state index contributed by atoms with van der Waals surface area (Å²) in [6, 6.07) is 4.31. The summed E-state index contributed by atoms with van der Waals surface area (Å²) in [5.41, 5.74) is 0.911. The predicted molar refractivity (Wildman–Crippen MR) is 133 cm³/mol. The van der Waals surface area contributed by atoms with Gasteiger partial charge < -0.3 is 24.6 Å². The molecule has 180 valence electrons. The van der Waals surface area contributed by atoms with E-state index in [2.05, 4.69) is 38.2 Å². The fourth-order valence-electron chi connectivity index (χ4n) is 5.73. The largest absolute Gasteiger partial charge is 0.351 e. The second-order valence-corrected chi connectivity index (χ2v) is 11.3. The Labute approximate surface area is 200 Å². The zero-order valence-corrected chi connectivity index (χ0v) is 20.8. The number of nitrogens with zero attached hydrogens (tertiary/aromatic N) is 4. The second kappa shape index (κ2) is 9.39. The Morgan fingerprint density at radius 3 is 2.67 bits per heavy atom. The summed E-state index contributed by atoms with van der Waals surface area (Å²) < 4.78 is 3.19. The van der Waals surface area contributed by atoms with Crippen LogP contribution in [0.4, 0.5) is 0 Å². The number of hydrogen-bond acceptors (Lipinski definition) is 5. The zero-order chi connectivity index (χ0) is 23.0. The number of rotatable bonds is 6. The minimum absolute atomic E-state index is 0.00470. The molecule has 2 aromatic rings. The van der Waals surface area contributed by atoms with Crippen LogP contribution in [0.3, 0.4) is 0 Å². The lowest BCUT2D eigenvalue weighted by Gasteiger charge is -2.45. The van der Waals surface area contributed by atoms with E-state index in [0.29, 0.717) is 13.1 Å². The first-order valence-corrected chi connectivity index (χ1v) is 13.4. The highest BCUT2D eigenvalue weighted by Gasteiger charge is 2.48. The van der Waals surface area contributed by atoms with Gasteiger partial charge >= 0.3 is 0 Å². The molecule has 2 amide bonds. The number of thiophene rings is 1. The molecule has 4 heterocycles. The molecule has 2 fully saturated rings. The van der Waals surface area contributed by atoms with Gasteiger partial charge in [0, 0.05) is 38.8 Å². The maximum atomic E-state index is 13.7. The molecule has 2 aliphatic heterocycles. The van der Waals surface area contributed by atoms with Crippen LogP contribution >= 0.6 is 11.3 Å². The van der Waals surface area contributed by atoms with Gasteiger partial charge in [-0.3, -0.25) is 9.59 Å². The van der Waals surface area contributed by atoms with Crippen molar-refractivity contribution < 1.29 is 9.59 Å². The average Bonchev–Trinajstić information content (AvgIpc) is 3.40. The standard InChI is InChI=1S/C25H37N5O2S/c1-25(24(32)26-19-7-4-3-5-8-19)18-29-20-9-16-33-22(20)17-21(29)23(31)30(25)11-6-10-28-14-12-27(2)13-15-28/h9,16-17,19H,3-8,10-15,18H2,1-2H3,(H,26,32). The molecule has 1 saturated heterocycles. The SMILES string of the molecule is CN1CCN(CCCN2C(=O)c3cc4sccc4n3CC2(C)C(=O)NC2CCCCC2)CC1. The number of fused-ring (bicyclic) bond motifs is 3. The number of hydrogen-bond donors (Lipinski definition) is 1. The quantitative estimate of drug-likeness (QED) is 0.704. The first-order valence-electron chi connectivity index (χ1n) is 12.6. The summed E-state index contributed by atoms with van der Waals surface area (Å²) in [6.07, 6.45) is 6.57. The second-order valence-electron chi connectivity index (χ2n) is 10.3. The van der Waals surface area contributed by atoms with Gasteiger partial charge in [0.25, 0.3) is 5.91 Å². The van der Waals surface area contributed by atoms with Crippen LogP contribution in [0.15, 0.2) is 17.5 Å². The molecular weight excluding hydrogens is 434 g/mol. The Balaban J connectivity index is 1.36. The number of piperazine rings is 1. The van der Waals surface area contributed by atoms with Gasteiger partial charge in [-0.1, -0.05) is 19.3 Å². The van der Waals surface area contributed by atoms with Crippen molar-refractivity contribution >= 4 is 33.4 Å². The number of aromatic nitrogens is 1. The van der Waals surface area contributed by atoms with Gasteiger partial charge in [0.05, 0.1) is 16.8 Å². The predicted octanol–water partition coefficient (Wildman–Crippen LogP) is 3.00. The monoisotopic (exact) mass is 471 g/mol. The van der Waals surface area contributed by atoms with E-state index >= 15 is 0 Å². The Kier molecular flexibility index (Phi) is 6.51. The summed E-state index contributed by atoms with van der Waals surface area (Å²) >= 11 is 1.66. The third kappa shape index (κ3) is 4.45. The van der Waals surface area contributed by atoms with Crippen LogP contribution in [-0.2, 0) is 11.3 Å². The van der Waals surface area contributed by atoms with Crippen molar-refractivity contribution in [3.63, 3.8) is 0 Å². The van der Waals surface area contributed by atoms with Crippen LogP contribution in [0.1, 0.15) is 55.9 Å². The van der Waals surface area contributed by atoms with Crippen LogP contribution in [0, 0.1) is 0 Å². The third-order valence-electron chi connectivity index (χ3n) is 7.93. The fraction of sp³-hybridized carbons (Fsp3) is 0.680. The molecule has 7 nitrogen and oxygen atoms in total. The number of carbonyl (C=O) groups excluding carboxylic acids is 2. The van der Waals surface area contributed by atoms with E-state index in [9.17, 15) is 9.59 Å². The van der Waals surface area contributed by atoms with Crippen molar-refractivity contribution in [1.29, 1.82) is 0 Å². The van der Waals surface area contributed by atoms with Gasteiger partial charge in [-0.15, -0.1) is 11.3 Å². The highest BCUT2D eigenvalue weighted by atomic mass is 32.1. The van der Waals surface area contributed by atoms with Crippen LogP contribution in [-0.4, -0.2) is 89.0 Å². The molecule has 33 heavy (non-hydrogen) atoms. The molecule has 1 unspecified atom stereocenters.